The van der Waals surface area contributed by atoms with Gasteiger partial charge in [0.15, 0.2) is 9.84 Å². The molecule has 3 aliphatic rings. The monoisotopic (exact) mass is 517 g/mol. The van der Waals surface area contributed by atoms with Crippen LogP contribution in [0.5, 0.6) is 5.75 Å². The van der Waals surface area contributed by atoms with E-state index in [9.17, 15) is 22.8 Å². The number of aromatic nitrogens is 2. The van der Waals surface area contributed by atoms with E-state index in [1.165, 1.54) is 0 Å². The molecular formula is C24H31N5O6S. The number of nitrogens with one attached hydrogen (secondary N) is 1. The predicted molar refractivity (Wildman–Crippen MR) is 131 cm³/mol. The average Bonchev–Trinajstić information content (AvgIpc) is 3.18. The summed E-state index contributed by atoms with van der Waals surface area (Å²) >= 11 is 0. The van der Waals surface area contributed by atoms with Crippen LogP contribution in [-0.2, 0) is 31.3 Å². The molecule has 5 rings (SSSR count). The van der Waals surface area contributed by atoms with Crippen molar-refractivity contribution in [2.24, 2.45) is 7.05 Å². The van der Waals surface area contributed by atoms with Crippen LogP contribution in [0.3, 0.4) is 0 Å². The molecule has 4 heterocycles. The summed E-state index contributed by atoms with van der Waals surface area (Å²) in [5, 5.41) is 7.85. The molecule has 1 N–H and O–H groups in total. The molecular weight excluding hydrogens is 486 g/mol. The van der Waals surface area contributed by atoms with Crippen LogP contribution in [0.15, 0.2) is 18.2 Å². The third kappa shape index (κ3) is 5.10. The van der Waals surface area contributed by atoms with Crippen LogP contribution in [-0.4, -0.2) is 96.1 Å². The molecule has 194 valence electrons. The van der Waals surface area contributed by atoms with E-state index < -0.39 is 15.8 Å². The Labute approximate surface area is 209 Å². The Bertz CT molecular complexity index is 1280. The van der Waals surface area contributed by atoms with E-state index in [0.717, 1.165) is 10.9 Å². The normalized spacial score (nSPS) is 23.6. The van der Waals surface area contributed by atoms with E-state index >= 15 is 0 Å². The topological polar surface area (TPSA) is 131 Å². The summed E-state index contributed by atoms with van der Waals surface area (Å²) in [5.41, 5.74) is 1.45. The van der Waals surface area contributed by atoms with Gasteiger partial charge >= 0.3 is 0 Å². The van der Waals surface area contributed by atoms with Crippen molar-refractivity contribution < 1.29 is 27.5 Å². The molecule has 1 unspecified atom stereocenters. The van der Waals surface area contributed by atoms with Crippen LogP contribution in [0.4, 0.5) is 0 Å². The van der Waals surface area contributed by atoms with Crippen LogP contribution >= 0.6 is 0 Å². The van der Waals surface area contributed by atoms with Gasteiger partial charge in [0, 0.05) is 57.9 Å². The van der Waals surface area contributed by atoms with Crippen molar-refractivity contribution >= 4 is 38.5 Å². The fourth-order valence-corrected chi connectivity index (χ4v) is 6.51. The van der Waals surface area contributed by atoms with Gasteiger partial charge in [0.2, 0.25) is 17.7 Å². The number of benzene rings is 1. The lowest BCUT2D eigenvalue weighted by Crippen LogP contribution is -2.49. The highest BCUT2D eigenvalue weighted by molar-refractivity contribution is 7.91. The number of nitrogens with zero attached hydrogens (tertiary/aromatic N) is 4. The van der Waals surface area contributed by atoms with Crippen molar-refractivity contribution in [3.05, 3.63) is 23.9 Å². The first kappa shape index (κ1) is 24.7. The third-order valence-electron chi connectivity index (χ3n) is 7.31. The fraction of sp³-hybridized carbons (Fsp3) is 0.583. The second-order valence-electron chi connectivity index (χ2n) is 9.79. The summed E-state index contributed by atoms with van der Waals surface area (Å²) in [6, 6.07) is 5.69. The van der Waals surface area contributed by atoms with Gasteiger partial charge in [-0.2, -0.15) is 5.10 Å². The largest absolute Gasteiger partial charge is 0.488 e. The maximum atomic E-state index is 12.7. The number of aryl methyl sites for hydroxylation is 1. The lowest BCUT2D eigenvalue weighted by atomic mass is 9.93. The Kier molecular flexibility index (Phi) is 6.73. The number of fused-ring (bicyclic) bond motifs is 1. The molecule has 3 saturated heterocycles. The van der Waals surface area contributed by atoms with Crippen molar-refractivity contribution in [3.8, 4) is 5.75 Å². The minimum atomic E-state index is -2.96. The molecule has 3 fully saturated rings. The molecule has 3 aliphatic heterocycles. The van der Waals surface area contributed by atoms with Gasteiger partial charge in [-0.3, -0.25) is 29.3 Å². The molecule has 2 aromatic rings. The Morgan fingerprint density at radius 3 is 2.53 bits per heavy atom. The molecule has 0 bridgehead atoms. The number of carbonyl (C=O) groups is 3. The standard InChI is InChI=1S/C24H31N5O6S/c1-27-23-17(22(26-27)18-5-6-20(30)25-24(18)32)3-2-4-19(23)35-16-7-9-29(10-8-16)21(31)15-28-11-13-36(33,34)14-12-28/h2-4,16,18H,5-15H2,1H3,(H,25,30,32). The van der Waals surface area contributed by atoms with Gasteiger partial charge in [-0.15, -0.1) is 0 Å². The zero-order valence-corrected chi connectivity index (χ0v) is 21.1. The van der Waals surface area contributed by atoms with E-state index in [1.54, 1.807) is 4.68 Å². The van der Waals surface area contributed by atoms with Gasteiger partial charge in [-0.1, -0.05) is 12.1 Å². The number of para-hydroxylation sites is 1. The smallest absolute Gasteiger partial charge is 0.236 e. The van der Waals surface area contributed by atoms with Crippen LogP contribution in [0.1, 0.15) is 37.3 Å². The minimum absolute atomic E-state index is 0.0235. The molecule has 36 heavy (non-hydrogen) atoms. The maximum Gasteiger partial charge on any atom is 0.236 e. The van der Waals surface area contributed by atoms with Crippen molar-refractivity contribution in [1.29, 1.82) is 0 Å². The molecule has 0 spiro atoms. The molecule has 11 nitrogen and oxygen atoms in total. The van der Waals surface area contributed by atoms with Crippen LogP contribution in [0, 0.1) is 0 Å². The van der Waals surface area contributed by atoms with Crippen molar-refractivity contribution in [2.75, 3.05) is 44.2 Å². The number of sulfone groups is 1. The van der Waals surface area contributed by atoms with E-state index in [-0.39, 0.29) is 41.9 Å². The van der Waals surface area contributed by atoms with Crippen molar-refractivity contribution in [1.82, 2.24) is 24.9 Å². The number of carbonyl (C=O) groups excluding carboxylic acids is 3. The van der Waals surface area contributed by atoms with E-state index in [1.807, 2.05) is 35.0 Å². The summed E-state index contributed by atoms with van der Waals surface area (Å²) in [5.74, 6) is -0.121. The van der Waals surface area contributed by atoms with Crippen molar-refractivity contribution in [3.63, 3.8) is 0 Å². The zero-order valence-electron chi connectivity index (χ0n) is 20.3. The molecule has 0 saturated carbocycles. The molecule has 1 aromatic carbocycles. The number of amides is 3. The molecule has 1 atom stereocenters. The molecule has 0 aliphatic carbocycles. The highest BCUT2D eigenvalue weighted by atomic mass is 32.2. The Morgan fingerprint density at radius 1 is 1.11 bits per heavy atom. The molecule has 3 amide bonds. The minimum Gasteiger partial charge on any atom is -0.488 e. The highest BCUT2D eigenvalue weighted by Gasteiger charge is 2.33. The zero-order chi connectivity index (χ0) is 25.4. The molecule has 12 heteroatoms. The SMILES string of the molecule is Cn1nc(C2CCC(=O)NC2=O)c2cccc(OC3CCN(C(=O)CN4CCS(=O)(=O)CC4)CC3)c21. The second-order valence-corrected chi connectivity index (χ2v) is 12.1. The highest BCUT2D eigenvalue weighted by Crippen LogP contribution is 2.35. The summed E-state index contributed by atoms with van der Waals surface area (Å²) in [4.78, 5) is 40.5. The number of piperidine rings is 2. The lowest BCUT2D eigenvalue weighted by molar-refractivity contribution is -0.135. The van der Waals surface area contributed by atoms with Crippen LogP contribution in [0.2, 0.25) is 0 Å². The van der Waals surface area contributed by atoms with Crippen LogP contribution in [0.25, 0.3) is 10.9 Å². The number of ether oxygens (including phenoxy) is 1. The Hall–Kier alpha value is -2.99. The van der Waals surface area contributed by atoms with Gasteiger partial charge in [0.05, 0.1) is 29.7 Å². The first-order valence-corrected chi connectivity index (χ1v) is 14.2. The number of likely N-dealkylation sites (tertiary alicyclic amines) is 1. The summed E-state index contributed by atoms with van der Waals surface area (Å²) in [6.07, 6.45) is 2.04. The quantitative estimate of drug-likeness (QED) is 0.557. The number of hydrogen-bond donors (Lipinski definition) is 1. The molecule has 0 radical (unpaired) electrons. The Balaban J connectivity index is 1.21. The van der Waals surface area contributed by atoms with E-state index in [2.05, 4.69) is 10.4 Å². The second kappa shape index (κ2) is 9.81. The van der Waals surface area contributed by atoms with Gasteiger partial charge in [-0.05, 0) is 12.5 Å². The predicted octanol–water partition coefficient (Wildman–Crippen LogP) is 0.194. The number of hydrogen-bond acceptors (Lipinski definition) is 8. The fourth-order valence-electron chi connectivity index (χ4n) is 5.24. The van der Waals surface area contributed by atoms with E-state index in [4.69, 9.17) is 4.74 Å². The number of imide groups is 1. The Morgan fingerprint density at radius 2 is 1.83 bits per heavy atom. The maximum absolute atomic E-state index is 12.7. The van der Waals surface area contributed by atoms with E-state index in [0.29, 0.717) is 63.3 Å². The van der Waals surface area contributed by atoms with Crippen LogP contribution < -0.4 is 10.1 Å². The van der Waals surface area contributed by atoms with Crippen molar-refractivity contribution in [2.45, 2.75) is 37.7 Å². The van der Waals surface area contributed by atoms with Gasteiger partial charge in [0.1, 0.15) is 17.4 Å². The third-order valence-corrected chi connectivity index (χ3v) is 8.92. The van der Waals surface area contributed by atoms with Gasteiger partial charge in [0.25, 0.3) is 0 Å². The summed E-state index contributed by atoms with van der Waals surface area (Å²) in [6.45, 7) is 2.22. The number of rotatable bonds is 5. The lowest BCUT2D eigenvalue weighted by Gasteiger charge is -2.34. The first-order chi connectivity index (χ1) is 17.2. The average molecular weight is 518 g/mol. The summed E-state index contributed by atoms with van der Waals surface area (Å²) < 4.78 is 31.3. The first-order valence-electron chi connectivity index (χ1n) is 12.4. The van der Waals surface area contributed by atoms with Gasteiger partial charge < -0.3 is 9.64 Å². The van der Waals surface area contributed by atoms with Gasteiger partial charge in [-0.25, -0.2) is 8.42 Å². The summed E-state index contributed by atoms with van der Waals surface area (Å²) in [7, 11) is -1.15. The molecule has 1 aromatic heterocycles.